The van der Waals surface area contributed by atoms with E-state index in [1.54, 1.807) is 0 Å². The quantitative estimate of drug-likeness (QED) is 0.663. The lowest BCUT2D eigenvalue weighted by Gasteiger charge is -2.21. The van der Waals surface area contributed by atoms with E-state index in [1.807, 2.05) is 0 Å². The van der Waals surface area contributed by atoms with E-state index in [1.165, 1.54) is 6.42 Å². The van der Waals surface area contributed by atoms with Crippen molar-refractivity contribution in [1.82, 2.24) is 10.2 Å². The molecule has 0 aromatic rings. The molecule has 2 heterocycles. The number of hydrogen-bond acceptors (Lipinski definition) is 4. The number of nitrogens with one attached hydrogen (secondary N) is 1. The van der Waals surface area contributed by atoms with Crippen LogP contribution in [0.1, 0.15) is 19.3 Å². The molecule has 1 atom stereocenters. The Balaban J connectivity index is 1.83. The van der Waals surface area contributed by atoms with Gasteiger partial charge in [0.2, 0.25) is 0 Å². The summed E-state index contributed by atoms with van der Waals surface area (Å²) in [7, 11) is 2.09. The van der Waals surface area contributed by atoms with Gasteiger partial charge in [-0.15, -0.1) is 0 Å². The summed E-state index contributed by atoms with van der Waals surface area (Å²) < 4.78 is 5.42. The summed E-state index contributed by atoms with van der Waals surface area (Å²) in [4.78, 5) is 6.62. The fraction of sp³-hybridized carbons (Fsp3) is 0.900. The first-order valence-corrected chi connectivity index (χ1v) is 5.46. The molecule has 1 saturated heterocycles. The van der Waals surface area contributed by atoms with Crippen molar-refractivity contribution in [2.45, 2.75) is 25.3 Å². The smallest absolute Gasteiger partial charge is 0.194 e. The second-order valence-corrected chi connectivity index (χ2v) is 4.01. The molecule has 0 aliphatic carbocycles. The van der Waals surface area contributed by atoms with Crippen LogP contribution >= 0.6 is 0 Å². The van der Waals surface area contributed by atoms with Crippen molar-refractivity contribution < 1.29 is 4.74 Å². The molecular formula is C10H19N3O. The third-order valence-electron chi connectivity index (χ3n) is 2.84. The van der Waals surface area contributed by atoms with Crippen LogP contribution < -0.4 is 5.32 Å². The highest BCUT2D eigenvalue weighted by Gasteiger charge is 2.18. The molecular weight excluding hydrogens is 178 g/mol. The third kappa shape index (κ3) is 2.38. The Bertz CT molecular complexity index is 209. The van der Waals surface area contributed by atoms with Crippen molar-refractivity contribution in [2.75, 3.05) is 33.4 Å². The summed E-state index contributed by atoms with van der Waals surface area (Å²) >= 11 is 0. The van der Waals surface area contributed by atoms with Crippen LogP contribution in [0.3, 0.4) is 0 Å². The lowest BCUT2D eigenvalue weighted by Crippen LogP contribution is -2.42. The van der Waals surface area contributed by atoms with Crippen LogP contribution in [-0.4, -0.2) is 50.3 Å². The molecule has 0 aromatic carbocycles. The number of nitrogens with zero attached hydrogens (tertiary/aromatic N) is 2. The SMILES string of the molecule is CN1CCN=C1NC1CCCOCC1. The molecule has 0 bridgehead atoms. The largest absolute Gasteiger partial charge is 0.381 e. The van der Waals surface area contributed by atoms with Gasteiger partial charge in [0.25, 0.3) is 0 Å². The van der Waals surface area contributed by atoms with Crippen LogP contribution in [0, 0.1) is 0 Å². The van der Waals surface area contributed by atoms with Crippen LogP contribution in [0.2, 0.25) is 0 Å². The highest BCUT2D eigenvalue weighted by molar-refractivity contribution is 5.81. The number of likely N-dealkylation sites (N-methyl/N-ethyl adjacent to an activating group) is 1. The van der Waals surface area contributed by atoms with E-state index in [0.717, 1.165) is 45.1 Å². The van der Waals surface area contributed by atoms with Gasteiger partial charge in [-0.2, -0.15) is 0 Å². The number of guanidine groups is 1. The first kappa shape index (κ1) is 9.77. The van der Waals surface area contributed by atoms with Crippen molar-refractivity contribution in [3.8, 4) is 0 Å². The Hall–Kier alpha value is -0.770. The average Bonchev–Trinajstić information content (AvgIpc) is 2.44. The zero-order chi connectivity index (χ0) is 9.80. The molecule has 0 spiro atoms. The standard InChI is InChI=1S/C10H19N3O/c1-13-6-5-11-10(13)12-9-3-2-7-14-8-4-9/h9H,2-8H2,1H3,(H,11,12). The second kappa shape index (κ2) is 4.64. The average molecular weight is 197 g/mol. The Kier molecular flexibility index (Phi) is 3.24. The Morgan fingerprint density at radius 1 is 1.43 bits per heavy atom. The molecule has 2 aliphatic rings. The van der Waals surface area contributed by atoms with Gasteiger partial charge in [0.05, 0.1) is 6.54 Å². The molecule has 2 rings (SSSR count). The van der Waals surface area contributed by atoms with Crippen molar-refractivity contribution in [2.24, 2.45) is 4.99 Å². The first-order valence-electron chi connectivity index (χ1n) is 5.46. The van der Waals surface area contributed by atoms with Gasteiger partial charge in [-0.3, -0.25) is 4.99 Å². The second-order valence-electron chi connectivity index (χ2n) is 4.01. The molecule has 4 heteroatoms. The first-order chi connectivity index (χ1) is 6.86. The monoisotopic (exact) mass is 197 g/mol. The number of aliphatic imine (C=N–C) groups is 1. The molecule has 0 amide bonds. The van der Waals surface area contributed by atoms with E-state index in [4.69, 9.17) is 4.74 Å². The highest BCUT2D eigenvalue weighted by Crippen LogP contribution is 2.09. The van der Waals surface area contributed by atoms with Gasteiger partial charge in [0.1, 0.15) is 0 Å². The molecule has 1 N–H and O–H groups in total. The summed E-state index contributed by atoms with van der Waals surface area (Å²) in [6.07, 6.45) is 3.47. The van der Waals surface area contributed by atoms with Crippen molar-refractivity contribution in [3.05, 3.63) is 0 Å². The van der Waals surface area contributed by atoms with Crippen molar-refractivity contribution in [1.29, 1.82) is 0 Å². The topological polar surface area (TPSA) is 36.9 Å². The molecule has 1 unspecified atom stereocenters. The molecule has 0 saturated carbocycles. The normalized spacial score (nSPS) is 28.5. The van der Waals surface area contributed by atoms with E-state index >= 15 is 0 Å². The molecule has 2 aliphatic heterocycles. The van der Waals surface area contributed by atoms with E-state index < -0.39 is 0 Å². The minimum absolute atomic E-state index is 0.553. The van der Waals surface area contributed by atoms with Crippen LogP contribution in [-0.2, 0) is 4.74 Å². The fourth-order valence-corrected chi connectivity index (χ4v) is 1.92. The Morgan fingerprint density at radius 3 is 3.14 bits per heavy atom. The van der Waals surface area contributed by atoms with Gasteiger partial charge >= 0.3 is 0 Å². The van der Waals surface area contributed by atoms with E-state index in [2.05, 4.69) is 22.3 Å². The zero-order valence-corrected chi connectivity index (χ0v) is 8.83. The van der Waals surface area contributed by atoms with Crippen LogP contribution in [0.25, 0.3) is 0 Å². The summed E-state index contributed by atoms with van der Waals surface area (Å²) in [6, 6.07) is 0.553. The molecule has 1 fully saturated rings. The van der Waals surface area contributed by atoms with Gasteiger partial charge in [0, 0.05) is 32.8 Å². The number of hydrogen-bond donors (Lipinski definition) is 1. The number of ether oxygens (including phenoxy) is 1. The van der Waals surface area contributed by atoms with Crippen molar-refractivity contribution >= 4 is 5.96 Å². The summed E-state index contributed by atoms with van der Waals surface area (Å²) in [5.74, 6) is 1.07. The molecule has 0 radical (unpaired) electrons. The van der Waals surface area contributed by atoms with Gasteiger partial charge < -0.3 is 15.0 Å². The lowest BCUT2D eigenvalue weighted by atomic mass is 10.1. The van der Waals surface area contributed by atoms with Crippen LogP contribution in [0.5, 0.6) is 0 Å². The lowest BCUT2D eigenvalue weighted by molar-refractivity contribution is 0.143. The molecule has 80 valence electrons. The van der Waals surface area contributed by atoms with Crippen LogP contribution in [0.15, 0.2) is 4.99 Å². The summed E-state index contributed by atoms with van der Waals surface area (Å²) in [5.41, 5.74) is 0. The highest BCUT2D eigenvalue weighted by atomic mass is 16.5. The summed E-state index contributed by atoms with van der Waals surface area (Å²) in [5, 5.41) is 3.50. The van der Waals surface area contributed by atoms with Gasteiger partial charge in [-0.25, -0.2) is 0 Å². The molecule has 14 heavy (non-hydrogen) atoms. The van der Waals surface area contributed by atoms with Crippen molar-refractivity contribution in [3.63, 3.8) is 0 Å². The third-order valence-corrected chi connectivity index (χ3v) is 2.84. The van der Waals surface area contributed by atoms with E-state index in [0.29, 0.717) is 6.04 Å². The Morgan fingerprint density at radius 2 is 2.36 bits per heavy atom. The van der Waals surface area contributed by atoms with Gasteiger partial charge in [0.15, 0.2) is 5.96 Å². The van der Waals surface area contributed by atoms with Crippen LogP contribution in [0.4, 0.5) is 0 Å². The maximum Gasteiger partial charge on any atom is 0.194 e. The van der Waals surface area contributed by atoms with Gasteiger partial charge in [-0.05, 0) is 19.3 Å². The molecule has 4 nitrogen and oxygen atoms in total. The van der Waals surface area contributed by atoms with E-state index in [9.17, 15) is 0 Å². The maximum atomic E-state index is 5.42. The zero-order valence-electron chi connectivity index (χ0n) is 8.83. The number of rotatable bonds is 1. The maximum absolute atomic E-state index is 5.42. The minimum atomic E-state index is 0.553. The minimum Gasteiger partial charge on any atom is -0.381 e. The summed E-state index contributed by atoms with van der Waals surface area (Å²) in [6.45, 7) is 3.78. The van der Waals surface area contributed by atoms with Gasteiger partial charge in [-0.1, -0.05) is 0 Å². The predicted octanol–water partition coefficient (Wildman–Crippen LogP) is 0.446. The Labute approximate surface area is 85.3 Å². The predicted molar refractivity (Wildman–Crippen MR) is 56.5 cm³/mol. The fourth-order valence-electron chi connectivity index (χ4n) is 1.92. The van der Waals surface area contributed by atoms with E-state index in [-0.39, 0.29) is 0 Å². The molecule has 0 aromatic heterocycles.